The standard InChI is InChI=1S/C8H5F3O.C6H14N2O2.C6H13N/c9-8(10,11)7-3-1-2-6(4-7)5-12;7-4-2-1-3-5(8)6(9)10;7-6-4-2-1-3-5-6/h1-5H;5H,1-4,7-8H2,(H,9,10);6H,1-5,7H2/t;5-;/m.0./s1. The zero-order chi connectivity index (χ0) is 22.3. The van der Waals surface area contributed by atoms with Crippen molar-refractivity contribution in [2.45, 2.75) is 69.6 Å². The third-order valence-corrected chi connectivity index (χ3v) is 4.29. The summed E-state index contributed by atoms with van der Waals surface area (Å²) >= 11 is 0. The summed E-state index contributed by atoms with van der Waals surface area (Å²) < 4.78 is 36.0. The Morgan fingerprint density at radius 1 is 1.21 bits per heavy atom. The van der Waals surface area contributed by atoms with Crippen LogP contribution in [0.15, 0.2) is 24.3 Å². The van der Waals surface area contributed by atoms with Gasteiger partial charge in [-0.2, -0.15) is 13.2 Å². The molecule has 166 valence electrons. The number of aldehydes is 1. The zero-order valence-electron chi connectivity index (χ0n) is 16.5. The Labute approximate surface area is 169 Å². The lowest BCUT2D eigenvalue weighted by Gasteiger charge is -2.15. The number of aliphatic carboxylic acids is 1. The van der Waals surface area contributed by atoms with Crippen molar-refractivity contribution >= 4 is 12.3 Å². The predicted octanol–water partition coefficient (Wildman–Crippen LogP) is 3.32. The van der Waals surface area contributed by atoms with Crippen molar-refractivity contribution in [2.75, 3.05) is 6.54 Å². The fourth-order valence-electron chi connectivity index (χ4n) is 2.55. The summed E-state index contributed by atoms with van der Waals surface area (Å²) in [4.78, 5) is 20.3. The molecule has 1 aromatic rings. The fourth-order valence-corrected chi connectivity index (χ4v) is 2.55. The number of carboxylic acid groups (broad SMARTS) is 1. The number of hydrogen-bond acceptors (Lipinski definition) is 5. The van der Waals surface area contributed by atoms with Crippen LogP contribution in [0.1, 0.15) is 67.3 Å². The number of carboxylic acids is 1. The second-order valence-electron chi connectivity index (χ2n) is 6.87. The Kier molecular flexibility index (Phi) is 13.9. The molecular formula is C20H32F3N3O3. The van der Waals surface area contributed by atoms with E-state index in [9.17, 15) is 22.8 Å². The minimum absolute atomic E-state index is 0.0322. The predicted molar refractivity (Wildman–Crippen MR) is 106 cm³/mol. The minimum Gasteiger partial charge on any atom is -0.480 e. The van der Waals surface area contributed by atoms with Crippen molar-refractivity contribution in [3.63, 3.8) is 0 Å². The van der Waals surface area contributed by atoms with Gasteiger partial charge in [0.2, 0.25) is 0 Å². The van der Waals surface area contributed by atoms with Crippen LogP contribution in [0, 0.1) is 0 Å². The van der Waals surface area contributed by atoms with Crippen molar-refractivity contribution < 1.29 is 27.9 Å². The van der Waals surface area contributed by atoms with Gasteiger partial charge in [0, 0.05) is 11.6 Å². The molecule has 2 rings (SSSR count). The number of hydrogen-bond donors (Lipinski definition) is 4. The van der Waals surface area contributed by atoms with E-state index in [-0.39, 0.29) is 5.56 Å². The van der Waals surface area contributed by atoms with Crippen LogP contribution in [0.2, 0.25) is 0 Å². The molecule has 0 radical (unpaired) electrons. The first-order valence-corrected chi connectivity index (χ1v) is 9.68. The number of carbonyl (C=O) groups excluding carboxylic acids is 1. The first kappa shape index (κ1) is 27.0. The summed E-state index contributed by atoms with van der Waals surface area (Å²) in [5, 5.41) is 8.33. The van der Waals surface area contributed by atoms with Crippen LogP contribution in [0.25, 0.3) is 0 Å². The van der Waals surface area contributed by atoms with Crippen LogP contribution in [0.5, 0.6) is 0 Å². The average molecular weight is 419 g/mol. The molecule has 1 aliphatic rings. The van der Waals surface area contributed by atoms with E-state index >= 15 is 0 Å². The van der Waals surface area contributed by atoms with Crippen LogP contribution >= 0.6 is 0 Å². The van der Waals surface area contributed by atoms with E-state index < -0.39 is 23.8 Å². The molecule has 0 heterocycles. The lowest BCUT2D eigenvalue weighted by molar-refractivity contribution is -0.139. The third-order valence-electron chi connectivity index (χ3n) is 4.29. The second-order valence-corrected chi connectivity index (χ2v) is 6.87. The number of nitrogens with two attached hydrogens (primary N) is 3. The van der Waals surface area contributed by atoms with Gasteiger partial charge in [-0.05, 0) is 44.4 Å². The zero-order valence-corrected chi connectivity index (χ0v) is 16.5. The Bertz CT molecular complexity index is 592. The van der Waals surface area contributed by atoms with Crippen molar-refractivity contribution in [2.24, 2.45) is 17.2 Å². The highest BCUT2D eigenvalue weighted by molar-refractivity contribution is 5.75. The molecule has 0 saturated heterocycles. The summed E-state index contributed by atoms with van der Waals surface area (Å²) in [5.74, 6) is -0.933. The highest BCUT2D eigenvalue weighted by Gasteiger charge is 2.30. The van der Waals surface area contributed by atoms with Gasteiger partial charge in [-0.1, -0.05) is 37.8 Å². The average Bonchev–Trinajstić information content (AvgIpc) is 2.69. The van der Waals surface area contributed by atoms with Crippen LogP contribution in [-0.4, -0.2) is 36.0 Å². The maximum atomic E-state index is 12.0. The largest absolute Gasteiger partial charge is 0.480 e. The van der Waals surface area contributed by atoms with Gasteiger partial charge in [0.15, 0.2) is 0 Å². The quantitative estimate of drug-likeness (QED) is 0.413. The van der Waals surface area contributed by atoms with Gasteiger partial charge >= 0.3 is 12.1 Å². The van der Waals surface area contributed by atoms with Crippen molar-refractivity contribution in [1.29, 1.82) is 0 Å². The number of carbonyl (C=O) groups is 2. The maximum Gasteiger partial charge on any atom is 0.416 e. The number of unbranched alkanes of at least 4 members (excludes halogenated alkanes) is 1. The van der Waals surface area contributed by atoms with Gasteiger partial charge in [0.25, 0.3) is 0 Å². The SMILES string of the molecule is NC1CCCCC1.NCCCC[C@H](N)C(=O)O.O=Cc1cccc(C(F)(F)F)c1. The molecule has 7 N–H and O–H groups in total. The highest BCUT2D eigenvalue weighted by atomic mass is 19.4. The lowest BCUT2D eigenvalue weighted by Crippen LogP contribution is -2.29. The summed E-state index contributed by atoms with van der Waals surface area (Å²) in [6.45, 7) is 0.604. The highest BCUT2D eigenvalue weighted by Crippen LogP contribution is 2.29. The molecule has 6 nitrogen and oxygen atoms in total. The summed E-state index contributed by atoms with van der Waals surface area (Å²) in [6.07, 6.45) is 4.84. The van der Waals surface area contributed by atoms with E-state index in [0.29, 0.717) is 25.3 Å². The van der Waals surface area contributed by atoms with E-state index in [4.69, 9.17) is 22.3 Å². The van der Waals surface area contributed by atoms with Crippen LogP contribution in [0.3, 0.4) is 0 Å². The van der Waals surface area contributed by atoms with E-state index in [1.165, 1.54) is 44.2 Å². The third kappa shape index (κ3) is 13.8. The Balaban J connectivity index is 0.000000419. The lowest BCUT2D eigenvalue weighted by atomic mass is 9.97. The Morgan fingerprint density at radius 3 is 2.24 bits per heavy atom. The molecule has 29 heavy (non-hydrogen) atoms. The van der Waals surface area contributed by atoms with Gasteiger partial charge in [0.05, 0.1) is 5.56 Å². The summed E-state index contributed by atoms with van der Waals surface area (Å²) in [7, 11) is 0. The summed E-state index contributed by atoms with van der Waals surface area (Å²) in [5.41, 5.74) is 15.3. The van der Waals surface area contributed by atoms with E-state index in [1.807, 2.05) is 0 Å². The number of alkyl halides is 3. The molecule has 0 bridgehead atoms. The van der Waals surface area contributed by atoms with Crippen LogP contribution < -0.4 is 17.2 Å². The fraction of sp³-hybridized carbons (Fsp3) is 0.600. The van der Waals surface area contributed by atoms with Crippen molar-refractivity contribution in [1.82, 2.24) is 0 Å². The molecule has 1 atom stereocenters. The molecule has 1 aliphatic carbocycles. The van der Waals surface area contributed by atoms with Crippen molar-refractivity contribution in [3.05, 3.63) is 35.4 Å². The molecular weight excluding hydrogens is 387 g/mol. The first-order valence-electron chi connectivity index (χ1n) is 9.68. The Morgan fingerprint density at radius 2 is 1.83 bits per heavy atom. The minimum atomic E-state index is -4.38. The molecule has 1 saturated carbocycles. The van der Waals surface area contributed by atoms with Crippen molar-refractivity contribution in [3.8, 4) is 0 Å². The van der Waals surface area contributed by atoms with E-state index in [1.54, 1.807) is 0 Å². The molecule has 1 fully saturated rings. The Hall–Kier alpha value is -1.97. The maximum absolute atomic E-state index is 12.0. The van der Waals surface area contributed by atoms with E-state index in [0.717, 1.165) is 25.0 Å². The molecule has 0 spiro atoms. The van der Waals surface area contributed by atoms with Gasteiger partial charge in [0.1, 0.15) is 12.3 Å². The molecule has 0 aliphatic heterocycles. The molecule has 0 amide bonds. The monoisotopic (exact) mass is 419 g/mol. The summed E-state index contributed by atoms with van der Waals surface area (Å²) in [6, 6.07) is 4.08. The molecule has 0 unspecified atom stereocenters. The van der Waals surface area contributed by atoms with Gasteiger partial charge in [-0.25, -0.2) is 0 Å². The molecule has 0 aromatic heterocycles. The number of rotatable bonds is 6. The first-order chi connectivity index (χ1) is 13.6. The van der Waals surface area contributed by atoms with Crippen LogP contribution in [0.4, 0.5) is 13.2 Å². The van der Waals surface area contributed by atoms with Crippen LogP contribution in [-0.2, 0) is 11.0 Å². The molecule has 1 aromatic carbocycles. The van der Waals surface area contributed by atoms with Gasteiger partial charge < -0.3 is 22.3 Å². The topological polar surface area (TPSA) is 132 Å². The van der Waals surface area contributed by atoms with E-state index in [2.05, 4.69) is 0 Å². The van der Waals surface area contributed by atoms with Gasteiger partial charge in [-0.15, -0.1) is 0 Å². The number of benzene rings is 1. The smallest absolute Gasteiger partial charge is 0.416 e. The molecule has 9 heteroatoms. The normalized spacial score (nSPS) is 15.2. The van der Waals surface area contributed by atoms with Gasteiger partial charge in [-0.3, -0.25) is 9.59 Å². The number of halogens is 3. The second kappa shape index (κ2) is 14.9.